The minimum absolute atomic E-state index is 0.0171. The van der Waals surface area contributed by atoms with E-state index in [-0.39, 0.29) is 5.44 Å². The maximum Gasteiger partial charge on any atom is 0.335 e. The molecule has 0 aromatic rings. The van der Waals surface area contributed by atoms with Gasteiger partial charge in [-0.1, -0.05) is 6.92 Å². The van der Waals surface area contributed by atoms with Gasteiger partial charge < -0.3 is 8.85 Å². The molecule has 2 nitrogen and oxygen atoms in total. The molecule has 0 aromatic carbocycles. The average molecular weight is 180 g/mol. The van der Waals surface area contributed by atoms with Gasteiger partial charge in [0.25, 0.3) is 0 Å². The van der Waals surface area contributed by atoms with E-state index in [9.17, 15) is 0 Å². The molecule has 0 aliphatic rings. The Balaban J connectivity index is 3.80. The van der Waals surface area contributed by atoms with Crippen molar-refractivity contribution in [2.45, 2.75) is 31.9 Å². The summed E-state index contributed by atoms with van der Waals surface area (Å²) in [6, 6.07) is 0.967. The Morgan fingerprint density at radius 1 is 1.60 bits per heavy atom. The van der Waals surface area contributed by atoms with Gasteiger partial charge in [-0.3, -0.25) is 0 Å². The van der Waals surface area contributed by atoms with Crippen molar-refractivity contribution in [2.24, 2.45) is 0 Å². The van der Waals surface area contributed by atoms with E-state index in [0.29, 0.717) is 0 Å². The van der Waals surface area contributed by atoms with Gasteiger partial charge in [0.2, 0.25) is 0 Å². The van der Waals surface area contributed by atoms with E-state index in [1.165, 1.54) is 0 Å². The summed E-state index contributed by atoms with van der Waals surface area (Å²) in [7, 11) is -0.137. The third-order valence-corrected chi connectivity index (χ3v) is 4.80. The summed E-state index contributed by atoms with van der Waals surface area (Å²) >= 11 is 4.13. The van der Waals surface area contributed by atoms with Crippen LogP contribution in [-0.2, 0) is 8.85 Å². The van der Waals surface area contributed by atoms with Gasteiger partial charge in [-0.25, -0.2) is 0 Å². The quantitative estimate of drug-likeness (QED) is 0.405. The fourth-order valence-corrected chi connectivity index (χ4v) is 2.58. The summed E-state index contributed by atoms with van der Waals surface area (Å²) in [5.74, 6) is 0. The van der Waals surface area contributed by atoms with Gasteiger partial charge in [-0.2, -0.15) is 0 Å². The van der Waals surface area contributed by atoms with Crippen LogP contribution in [0.3, 0.4) is 0 Å². The van der Waals surface area contributed by atoms with Crippen LogP contribution < -0.4 is 0 Å². The largest absolute Gasteiger partial charge is 0.398 e. The first-order chi connectivity index (χ1) is 4.54. The average Bonchev–Trinajstić information content (AvgIpc) is 1.87. The Kier molecular flexibility index (Phi) is 4.60. The van der Waals surface area contributed by atoms with E-state index in [1.807, 2.05) is 13.5 Å². The predicted molar refractivity (Wildman–Crippen MR) is 48.6 cm³/mol. The van der Waals surface area contributed by atoms with Crippen LogP contribution in [0.1, 0.15) is 13.8 Å². The van der Waals surface area contributed by atoms with Gasteiger partial charge in [0.05, 0.1) is 5.44 Å². The highest BCUT2D eigenvalue weighted by molar-refractivity contribution is 7.80. The summed E-state index contributed by atoms with van der Waals surface area (Å²) < 4.78 is 10.8. The van der Waals surface area contributed by atoms with Crippen LogP contribution in [-0.4, -0.2) is 21.1 Å². The van der Waals surface area contributed by atoms with Crippen LogP contribution >= 0.6 is 12.6 Å². The van der Waals surface area contributed by atoms with Crippen molar-refractivity contribution >= 4 is 21.2 Å². The topological polar surface area (TPSA) is 18.5 Å². The van der Waals surface area contributed by atoms with E-state index in [4.69, 9.17) is 8.85 Å². The van der Waals surface area contributed by atoms with Crippen molar-refractivity contribution in [3.63, 3.8) is 0 Å². The molecule has 0 saturated heterocycles. The number of rotatable bonds is 4. The molecule has 0 aliphatic heterocycles. The lowest BCUT2D eigenvalue weighted by Gasteiger charge is -2.25. The Morgan fingerprint density at radius 3 is 2.20 bits per heavy atom. The SMILES string of the molecule is CC[Si](C)(OC)OC(C)S. The number of thiol groups is 1. The second kappa shape index (κ2) is 4.38. The zero-order valence-corrected chi connectivity index (χ0v) is 8.94. The van der Waals surface area contributed by atoms with Crippen LogP contribution in [0.5, 0.6) is 0 Å². The summed E-state index contributed by atoms with van der Waals surface area (Å²) in [4.78, 5) is 0. The molecular formula is C6H16O2SSi. The normalized spacial score (nSPS) is 20.1. The van der Waals surface area contributed by atoms with Crippen molar-refractivity contribution < 1.29 is 8.85 Å². The Morgan fingerprint density at radius 2 is 2.10 bits per heavy atom. The van der Waals surface area contributed by atoms with Crippen molar-refractivity contribution in [3.05, 3.63) is 0 Å². The molecule has 0 radical (unpaired) electrons. The first-order valence-electron chi connectivity index (χ1n) is 3.45. The highest BCUT2D eigenvalue weighted by Crippen LogP contribution is 2.15. The molecule has 0 spiro atoms. The van der Waals surface area contributed by atoms with Crippen molar-refractivity contribution in [3.8, 4) is 0 Å². The third-order valence-electron chi connectivity index (χ3n) is 1.49. The van der Waals surface area contributed by atoms with Crippen molar-refractivity contribution in [1.82, 2.24) is 0 Å². The zero-order valence-electron chi connectivity index (χ0n) is 7.05. The van der Waals surface area contributed by atoms with Crippen LogP contribution in [0.15, 0.2) is 0 Å². The molecule has 0 saturated carbocycles. The van der Waals surface area contributed by atoms with Crippen LogP contribution in [0.4, 0.5) is 0 Å². The van der Waals surface area contributed by atoms with E-state index < -0.39 is 8.56 Å². The van der Waals surface area contributed by atoms with E-state index in [2.05, 4.69) is 19.6 Å². The van der Waals surface area contributed by atoms with Gasteiger partial charge in [-0.15, -0.1) is 12.6 Å². The maximum atomic E-state index is 5.52. The van der Waals surface area contributed by atoms with E-state index >= 15 is 0 Å². The highest BCUT2D eigenvalue weighted by Gasteiger charge is 2.28. The number of hydrogen-bond donors (Lipinski definition) is 1. The minimum atomic E-state index is -1.84. The number of hydrogen-bond acceptors (Lipinski definition) is 3. The van der Waals surface area contributed by atoms with Crippen LogP contribution in [0, 0.1) is 0 Å². The second-order valence-electron chi connectivity index (χ2n) is 2.41. The molecule has 0 rings (SSSR count). The van der Waals surface area contributed by atoms with Crippen LogP contribution in [0.25, 0.3) is 0 Å². The molecule has 0 aromatic heterocycles. The Bertz CT molecular complexity index is 93.7. The molecule has 4 heteroatoms. The Hall–Kier alpha value is 0.487. The smallest absolute Gasteiger partial charge is 0.335 e. The first-order valence-corrected chi connectivity index (χ1v) is 6.49. The molecular weight excluding hydrogens is 164 g/mol. The fourth-order valence-electron chi connectivity index (χ4n) is 0.637. The summed E-state index contributed by atoms with van der Waals surface area (Å²) in [5.41, 5.74) is -0.0171. The molecule has 0 N–H and O–H groups in total. The summed E-state index contributed by atoms with van der Waals surface area (Å²) in [6.07, 6.45) is 0. The molecule has 0 amide bonds. The second-order valence-corrected chi connectivity index (χ2v) is 6.75. The molecule has 2 unspecified atom stereocenters. The monoisotopic (exact) mass is 180 g/mol. The van der Waals surface area contributed by atoms with Gasteiger partial charge in [0, 0.05) is 7.11 Å². The lowest BCUT2D eigenvalue weighted by atomic mass is 10.9. The first kappa shape index (κ1) is 10.5. The van der Waals surface area contributed by atoms with E-state index in [0.717, 1.165) is 6.04 Å². The highest BCUT2D eigenvalue weighted by atomic mass is 32.1. The van der Waals surface area contributed by atoms with Gasteiger partial charge in [0.15, 0.2) is 0 Å². The predicted octanol–water partition coefficient (Wildman–Crippen LogP) is 2.02. The maximum absolute atomic E-state index is 5.52. The molecule has 0 heterocycles. The summed E-state index contributed by atoms with van der Waals surface area (Å²) in [5, 5.41) is 0. The van der Waals surface area contributed by atoms with Gasteiger partial charge in [-0.05, 0) is 19.5 Å². The van der Waals surface area contributed by atoms with Gasteiger partial charge >= 0.3 is 8.56 Å². The fraction of sp³-hybridized carbons (Fsp3) is 1.00. The van der Waals surface area contributed by atoms with Gasteiger partial charge in [0.1, 0.15) is 0 Å². The van der Waals surface area contributed by atoms with Crippen molar-refractivity contribution in [1.29, 1.82) is 0 Å². The lowest BCUT2D eigenvalue weighted by Crippen LogP contribution is -2.38. The lowest BCUT2D eigenvalue weighted by molar-refractivity contribution is 0.199. The van der Waals surface area contributed by atoms with Crippen molar-refractivity contribution in [2.75, 3.05) is 7.11 Å². The zero-order chi connectivity index (χ0) is 8.20. The van der Waals surface area contributed by atoms with Crippen LogP contribution in [0.2, 0.25) is 12.6 Å². The molecule has 10 heavy (non-hydrogen) atoms. The summed E-state index contributed by atoms with van der Waals surface area (Å²) in [6.45, 7) is 6.02. The molecule has 2 atom stereocenters. The van der Waals surface area contributed by atoms with E-state index in [1.54, 1.807) is 7.11 Å². The third kappa shape index (κ3) is 3.61. The standard InChI is InChI=1S/C6H16O2SSi/c1-5-10(4,7-3)8-6(2)9/h6,9H,5H2,1-4H3. The Labute approximate surface area is 69.6 Å². The molecule has 62 valence electrons. The molecule has 0 fully saturated rings. The molecule has 0 aliphatic carbocycles. The minimum Gasteiger partial charge on any atom is -0.398 e. The molecule has 0 bridgehead atoms.